The zero-order chi connectivity index (χ0) is 22.9. The molecule has 0 fully saturated rings. The number of fused-ring (bicyclic) bond motifs is 1. The second-order valence-corrected chi connectivity index (χ2v) is 54.5. The molecule has 10 unspecified atom stereocenters. The van der Waals surface area contributed by atoms with E-state index < -0.39 is 70.7 Å². The lowest BCUT2D eigenvalue weighted by Crippen LogP contribution is -2.28. The maximum Gasteiger partial charge on any atom is 0.332 e. The second kappa shape index (κ2) is 13.0. The van der Waals surface area contributed by atoms with Crippen molar-refractivity contribution in [3.63, 3.8) is 0 Å². The van der Waals surface area contributed by atoms with Gasteiger partial charge in [0.15, 0.2) is 13.3 Å². The minimum absolute atomic E-state index is 0.155. The van der Waals surface area contributed by atoms with Crippen LogP contribution in [0.5, 0.6) is 5.75 Å². The van der Waals surface area contributed by atoms with Crippen molar-refractivity contribution < 1.29 is 19.3 Å². The van der Waals surface area contributed by atoms with Crippen LogP contribution in [0.4, 0.5) is 5.69 Å². The number of rotatable bonds is 8. The standard InChI is InChI=1S/C9H21N2O6P13/c12-7-3-6(11(15)16)4-1-2-5(10(4)8(7)13)9(14)17-25(29(24)26(18)19)30(27(20)21)28(22)23/h3,5,12H,1-2,18-24H2. The van der Waals surface area contributed by atoms with Gasteiger partial charge in [-0.05, 0) is 33.8 Å². The van der Waals surface area contributed by atoms with Crippen LogP contribution >= 0.6 is 105 Å². The van der Waals surface area contributed by atoms with Crippen LogP contribution in [0, 0.1) is 10.1 Å². The van der Waals surface area contributed by atoms with Crippen LogP contribution in [0.15, 0.2) is 10.9 Å². The van der Waals surface area contributed by atoms with Crippen molar-refractivity contribution in [1.82, 2.24) is 4.57 Å². The summed E-state index contributed by atoms with van der Waals surface area (Å²) < 4.78 is 7.17. The molecule has 1 aliphatic rings. The summed E-state index contributed by atoms with van der Waals surface area (Å²) in [7, 11) is 18.8. The number of carbonyl (C=O) groups is 1. The van der Waals surface area contributed by atoms with Crippen molar-refractivity contribution in [2.45, 2.75) is 18.9 Å². The van der Waals surface area contributed by atoms with Crippen molar-refractivity contribution in [2.24, 2.45) is 0 Å². The lowest BCUT2D eigenvalue weighted by Gasteiger charge is -2.36. The third-order valence-electron chi connectivity index (χ3n) is 3.88. The number of aromatic hydroxyl groups is 1. The summed E-state index contributed by atoms with van der Waals surface area (Å²) in [4.78, 5) is 36.4. The maximum atomic E-state index is 13.2. The van der Waals surface area contributed by atoms with Gasteiger partial charge in [0.1, 0.15) is 11.7 Å². The Bertz CT molecular complexity index is 871. The Balaban J connectivity index is 2.44. The minimum Gasteiger partial charge on any atom is -0.503 e. The third-order valence-corrected chi connectivity index (χ3v) is 74.5. The molecule has 2 heterocycles. The van der Waals surface area contributed by atoms with E-state index in [2.05, 4.69) is 62.5 Å². The number of nitro groups is 1. The molecule has 0 aromatic carbocycles. The molecule has 0 saturated heterocycles. The normalized spacial score (nSPS) is 18.2. The first-order valence-corrected chi connectivity index (χ1v) is 30.6. The summed E-state index contributed by atoms with van der Waals surface area (Å²) >= 11 is 0. The number of hydrogen-bond acceptors (Lipinski definition) is 6. The van der Waals surface area contributed by atoms with E-state index in [0.717, 1.165) is 10.6 Å². The Morgan fingerprint density at radius 2 is 1.73 bits per heavy atom. The van der Waals surface area contributed by atoms with E-state index in [0.29, 0.717) is 0 Å². The Hall–Kier alpha value is 3.21. The Kier molecular flexibility index (Phi) is 12.7. The van der Waals surface area contributed by atoms with Crippen molar-refractivity contribution in [3.05, 3.63) is 32.2 Å². The fraction of sp³-hybridized carbons (Fsp3) is 0.333. The van der Waals surface area contributed by atoms with Crippen LogP contribution < -0.4 is 5.56 Å². The smallest absolute Gasteiger partial charge is 0.332 e. The molecule has 10 atom stereocenters. The van der Waals surface area contributed by atoms with Crippen molar-refractivity contribution in [1.29, 1.82) is 0 Å². The van der Waals surface area contributed by atoms with Gasteiger partial charge in [0.05, 0.1) is 11.0 Å². The molecule has 1 aromatic rings. The molecule has 0 amide bonds. The van der Waals surface area contributed by atoms with Gasteiger partial charge < -0.3 is 9.63 Å². The molecule has 21 heteroatoms. The maximum absolute atomic E-state index is 13.2. The predicted octanol–water partition coefficient (Wildman–Crippen LogP) is 7.40. The fourth-order valence-corrected chi connectivity index (χ4v) is 97.8. The van der Waals surface area contributed by atoms with Gasteiger partial charge >= 0.3 is 5.97 Å². The van der Waals surface area contributed by atoms with Gasteiger partial charge in [0.2, 0.25) is 0 Å². The molecule has 1 aliphatic heterocycles. The van der Waals surface area contributed by atoms with Crippen molar-refractivity contribution in [3.8, 4) is 5.75 Å². The number of pyridine rings is 1. The Labute approximate surface area is 196 Å². The quantitative estimate of drug-likeness (QED) is 0.177. The van der Waals surface area contributed by atoms with E-state index in [9.17, 15) is 24.8 Å². The second-order valence-electron chi connectivity index (χ2n) is 5.74. The van der Waals surface area contributed by atoms with E-state index in [1.807, 2.05) is 0 Å². The van der Waals surface area contributed by atoms with Crippen molar-refractivity contribution in [2.75, 3.05) is 0 Å². The first kappa shape index (κ1) is 29.4. The van der Waals surface area contributed by atoms with E-state index in [4.69, 9.17) is 4.52 Å². The summed E-state index contributed by atoms with van der Waals surface area (Å²) in [5, 5.41) is 21.2. The van der Waals surface area contributed by atoms with Gasteiger partial charge in [-0.3, -0.25) is 19.5 Å². The van der Waals surface area contributed by atoms with E-state index >= 15 is 0 Å². The molecule has 0 radical (unpaired) electrons. The number of aromatic nitrogens is 1. The molecule has 168 valence electrons. The van der Waals surface area contributed by atoms with Crippen LogP contribution in [0.1, 0.15) is 18.2 Å². The molecule has 0 aliphatic carbocycles. The van der Waals surface area contributed by atoms with Crippen LogP contribution in [-0.2, 0) is 15.7 Å². The van der Waals surface area contributed by atoms with E-state index in [1.54, 1.807) is 0 Å². The van der Waals surface area contributed by atoms with E-state index in [1.165, 1.54) is 0 Å². The molecule has 2 rings (SSSR count). The summed E-state index contributed by atoms with van der Waals surface area (Å²) in [5.74, 6) is -1.28. The fourth-order valence-electron chi connectivity index (χ4n) is 2.69. The van der Waals surface area contributed by atoms with Gasteiger partial charge in [0, 0.05) is 14.0 Å². The lowest BCUT2D eigenvalue weighted by atomic mass is 10.2. The van der Waals surface area contributed by atoms with Gasteiger partial charge in [-0.2, -0.15) is 0 Å². The summed E-state index contributed by atoms with van der Waals surface area (Å²) in [5.41, 5.74) is -0.995. The SMILES string of the molecule is O=C(OP(P(P)P(P)P)P(P(P)P)P(P)P)C1CCc2c([N+](=O)[O-])cc(O)c(=O)n21. The van der Waals surface area contributed by atoms with Crippen LogP contribution in [0.2, 0.25) is 0 Å². The summed E-state index contributed by atoms with van der Waals surface area (Å²) in [6.07, 6.45) is 0.436. The van der Waals surface area contributed by atoms with E-state index in [-0.39, 0.29) is 24.2 Å². The first-order chi connectivity index (χ1) is 13.9. The zero-order valence-electron chi connectivity index (χ0n) is 15.2. The van der Waals surface area contributed by atoms with Gasteiger partial charge in [-0.1, -0.05) is 8.93 Å². The molecular formula is C9H21N2O6P13. The van der Waals surface area contributed by atoms with Gasteiger partial charge in [-0.15, -0.1) is 53.6 Å². The average molecular weight is 656 g/mol. The largest absolute Gasteiger partial charge is 0.503 e. The van der Waals surface area contributed by atoms with Gasteiger partial charge in [-0.25, -0.2) is 4.79 Å². The highest BCUT2D eigenvalue weighted by Crippen LogP contribution is 3.17. The molecule has 1 N–H and O–H groups in total. The number of hydrogen-bond donors (Lipinski definition) is 1. The summed E-state index contributed by atoms with van der Waals surface area (Å²) in [6.45, 7) is -2.72. The Morgan fingerprint density at radius 1 is 1.17 bits per heavy atom. The average Bonchev–Trinajstić information content (AvgIpc) is 3.07. The molecule has 0 bridgehead atoms. The highest BCUT2D eigenvalue weighted by atomic mass is 33.2. The van der Waals surface area contributed by atoms with Crippen LogP contribution in [0.25, 0.3) is 0 Å². The van der Waals surface area contributed by atoms with Crippen LogP contribution in [-0.4, -0.2) is 20.6 Å². The monoisotopic (exact) mass is 656 g/mol. The highest BCUT2D eigenvalue weighted by Gasteiger charge is 2.42. The van der Waals surface area contributed by atoms with Crippen molar-refractivity contribution >= 4 is 117 Å². The predicted molar refractivity (Wildman–Crippen MR) is 162 cm³/mol. The topological polar surface area (TPSA) is 112 Å². The Morgan fingerprint density at radius 3 is 2.20 bits per heavy atom. The zero-order valence-corrected chi connectivity index (χ0v) is 28.6. The molecule has 8 nitrogen and oxygen atoms in total. The first-order valence-electron chi connectivity index (χ1n) is 7.75. The number of carbonyl (C=O) groups excluding carboxylic acids is 1. The molecule has 1 aromatic heterocycles. The minimum atomic E-state index is -1.09. The van der Waals surface area contributed by atoms with Gasteiger partial charge in [0.25, 0.3) is 11.2 Å². The lowest BCUT2D eigenvalue weighted by molar-refractivity contribution is -0.386. The molecule has 0 saturated carbocycles. The molecule has 30 heavy (non-hydrogen) atoms. The van der Waals surface area contributed by atoms with Crippen LogP contribution in [0.3, 0.4) is 0 Å². The molecule has 0 spiro atoms. The highest BCUT2D eigenvalue weighted by molar-refractivity contribution is 9.19. The molecular weight excluding hydrogens is 635 g/mol. The summed E-state index contributed by atoms with van der Waals surface area (Å²) in [6, 6.07) is -0.105. The number of nitrogens with zero attached hydrogens (tertiary/aromatic N) is 2. The third kappa shape index (κ3) is 6.91.